The van der Waals surface area contributed by atoms with E-state index in [2.05, 4.69) is 15.2 Å². The van der Waals surface area contributed by atoms with Gasteiger partial charge in [-0.15, -0.1) is 0 Å². The lowest BCUT2D eigenvalue weighted by molar-refractivity contribution is 0.422. The quantitative estimate of drug-likeness (QED) is 0.777. The fourth-order valence-electron chi connectivity index (χ4n) is 1.52. The van der Waals surface area contributed by atoms with Gasteiger partial charge in [0.15, 0.2) is 5.82 Å². The molecule has 2 aromatic heterocycles. The van der Waals surface area contributed by atoms with Crippen LogP contribution in [0.3, 0.4) is 0 Å². The molecule has 0 bridgehead atoms. The van der Waals surface area contributed by atoms with Gasteiger partial charge in [0.05, 0.1) is 17.8 Å². The summed E-state index contributed by atoms with van der Waals surface area (Å²) in [6.45, 7) is 4.15. The molecule has 0 radical (unpaired) electrons. The van der Waals surface area contributed by atoms with Gasteiger partial charge in [-0.1, -0.05) is 5.16 Å². The average molecular weight is 207 g/mol. The normalized spacial score (nSPS) is 10.9. The van der Waals surface area contributed by atoms with Crippen LogP contribution in [-0.4, -0.2) is 19.9 Å². The molecule has 0 aliphatic heterocycles. The third-order valence-electron chi connectivity index (χ3n) is 2.37. The Morgan fingerprint density at radius 3 is 2.60 bits per heavy atom. The SMILES string of the molecule is Cc1nn(C)c(C)c1-c1nc(CN)no1. The molecule has 0 saturated carbocycles. The summed E-state index contributed by atoms with van der Waals surface area (Å²) < 4.78 is 6.91. The topological polar surface area (TPSA) is 82.8 Å². The summed E-state index contributed by atoms with van der Waals surface area (Å²) >= 11 is 0. The van der Waals surface area contributed by atoms with Crippen molar-refractivity contribution >= 4 is 0 Å². The van der Waals surface area contributed by atoms with Gasteiger partial charge in [0.2, 0.25) is 0 Å². The van der Waals surface area contributed by atoms with E-state index < -0.39 is 0 Å². The molecule has 2 aromatic rings. The lowest BCUT2D eigenvalue weighted by Gasteiger charge is -1.94. The van der Waals surface area contributed by atoms with Gasteiger partial charge in [0.1, 0.15) is 0 Å². The van der Waals surface area contributed by atoms with Gasteiger partial charge < -0.3 is 10.3 Å². The van der Waals surface area contributed by atoms with Crippen LogP contribution in [0.25, 0.3) is 11.5 Å². The van der Waals surface area contributed by atoms with Gasteiger partial charge in [-0.05, 0) is 13.8 Å². The average Bonchev–Trinajstić information content (AvgIpc) is 2.74. The first-order valence-electron chi connectivity index (χ1n) is 4.66. The minimum atomic E-state index is 0.280. The van der Waals surface area contributed by atoms with Gasteiger partial charge in [-0.25, -0.2) is 0 Å². The van der Waals surface area contributed by atoms with E-state index in [1.165, 1.54) is 0 Å². The molecule has 0 fully saturated rings. The molecule has 6 nitrogen and oxygen atoms in total. The van der Waals surface area contributed by atoms with Crippen molar-refractivity contribution < 1.29 is 4.52 Å². The second kappa shape index (κ2) is 3.47. The summed E-state index contributed by atoms with van der Waals surface area (Å²) in [4.78, 5) is 4.18. The second-order valence-corrected chi connectivity index (χ2v) is 3.39. The van der Waals surface area contributed by atoms with Crippen molar-refractivity contribution in [3.63, 3.8) is 0 Å². The second-order valence-electron chi connectivity index (χ2n) is 3.39. The number of hydrogen-bond donors (Lipinski definition) is 1. The maximum absolute atomic E-state index is 5.42. The Morgan fingerprint density at radius 1 is 1.40 bits per heavy atom. The first-order chi connectivity index (χ1) is 7.13. The van der Waals surface area contributed by atoms with Gasteiger partial charge >= 0.3 is 0 Å². The summed E-state index contributed by atoms with van der Waals surface area (Å²) in [5.74, 6) is 0.992. The minimum absolute atomic E-state index is 0.280. The Labute approximate surface area is 87.1 Å². The Morgan fingerprint density at radius 2 is 2.13 bits per heavy atom. The third-order valence-corrected chi connectivity index (χ3v) is 2.37. The Balaban J connectivity index is 2.53. The minimum Gasteiger partial charge on any atom is -0.334 e. The number of aryl methyl sites for hydroxylation is 2. The van der Waals surface area contributed by atoms with E-state index >= 15 is 0 Å². The van der Waals surface area contributed by atoms with E-state index in [4.69, 9.17) is 10.3 Å². The Bertz CT molecular complexity index is 485. The van der Waals surface area contributed by atoms with Crippen LogP contribution in [0.15, 0.2) is 4.52 Å². The van der Waals surface area contributed by atoms with Gasteiger partial charge in [-0.2, -0.15) is 10.1 Å². The Kier molecular flexibility index (Phi) is 2.28. The molecule has 2 heterocycles. The van der Waals surface area contributed by atoms with Crippen LogP contribution in [0, 0.1) is 13.8 Å². The highest BCUT2D eigenvalue weighted by Gasteiger charge is 2.17. The van der Waals surface area contributed by atoms with Crippen LogP contribution in [0.4, 0.5) is 0 Å². The van der Waals surface area contributed by atoms with E-state index in [0.717, 1.165) is 17.0 Å². The van der Waals surface area contributed by atoms with E-state index in [9.17, 15) is 0 Å². The number of nitrogens with zero attached hydrogens (tertiary/aromatic N) is 4. The smallest absolute Gasteiger partial charge is 0.261 e. The summed E-state index contributed by atoms with van der Waals surface area (Å²) in [6.07, 6.45) is 0. The van der Waals surface area contributed by atoms with Crippen molar-refractivity contribution in [3.05, 3.63) is 17.2 Å². The molecule has 6 heteroatoms. The molecule has 0 spiro atoms. The first-order valence-corrected chi connectivity index (χ1v) is 4.66. The Hall–Kier alpha value is -1.69. The number of nitrogens with two attached hydrogens (primary N) is 1. The van der Waals surface area contributed by atoms with Gasteiger partial charge in [0, 0.05) is 12.7 Å². The number of hydrogen-bond acceptors (Lipinski definition) is 5. The van der Waals surface area contributed by atoms with Crippen molar-refractivity contribution in [2.45, 2.75) is 20.4 Å². The van der Waals surface area contributed by atoms with E-state index in [0.29, 0.717) is 11.7 Å². The molecule has 0 aromatic carbocycles. The van der Waals surface area contributed by atoms with Crippen LogP contribution in [-0.2, 0) is 13.6 Å². The third kappa shape index (κ3) is 1.52. The summed E-state index contributed by atoms with van der Waals surface area (Å²) in [5.41, 5.74) is 8.19. The molecule has 2 rings (SSSR count). The standard InChI is InChI=1S/C9H13N5O/c1-5-8(6(2)14(3)12-5)9-11-7(4-10)13-15-9/h4,10H2,1-3H3. The van der Waals surface area contributed by atoms with Crippen molar-refractivity contribution in [2.24, 2.45) is 12.8 Å². The molecule has 0 saturated heterocycles. The summed E-state index contributed by atoms with van der Waals surface area (Å²) in [7, 11) is 1.88. The van der Waals surface area contributed by atoms with E-state index in [1.54, 1.807) is 4.68 Å². The van der Waals surface area contributed by atoms with Gasteiger partial charge in [0.25, 0.3) is 5.89 Å². The van der Waals surface area contributed by atoms with Crippen LogP contribution in [0.5, 0.6) is 0 Å². The number of aromatic nitrogens is 4. The predicted molar refractivity (Wildman–Crippen MR) is 53.9 cm³/mol. The van der Waals surface area contributed by atoms with Crippen molar-refractivity contribution in [1.29, 1.82) is 0 Å². The zero-order valence-electron chi connectivity index (χ0n) is 8.98. The lowest BCUT2D eigenvalue weighted by Crippen LogP contribution is -1.98. The van der Waals surface area contributed by atoms with Crippen molar-refractivity contribution in [3.8, 4) is 11.5 Å². The fraction of sp³-hybridized carbons (Fsp3) is 0.444. The van der Waals surface area contributed by atoms with Crippen LogP contribution >= 0.6 is 0 Å². The highest BCUT2D eigenvalue weighted by Crippen LogP contribution is 2.24. The van der Waals surface area contributed by atoms with Crippen LogP contribution < -0.4 is 5.73 Å². The molecule has 0 aliphatic carbocycles. The van der Waals surface area contributed by atoms with Crippen LogP contribution in [0.2, 0.25) is 0 Å². The summed E-state index contributed by atoms with van der Waals surface area (Å²) in [6, 6.07) is 0. The molecule has 0 atom stereocenters. The maximum Gasteiger partial charge on any atom is 0.261 e. The zero-order chi connectivity index (χ0) is 11.0. The highest BCUT2D eigenvalue weighted by molar-refractivity contribution is 5.59. The van der Waals surface area contributed by atoms with Crippen molar-refractivity contribution in [1.82, 2.24) is 19.9 Å². The molecular formula is C9H13N5O. The number of rotatable bonds is 2. The fourth-order valence-corrected chi connectivity index (χ4v) is 1.52. The van der Waals surface area contributed by atoms with E-state index in [-0.39, 0.29) is 6.54 Å². The molecule has 2 N–H and O–H groups in total. The molecule has 15 heavy (non-hydrogen) atoms. The van der Waals surface area contributed by atoms with E-state index in [1.807, 2.05) is 20.9 Å². The lowest BCUT2D eigenvalue weighted by atomic mass is 10.2. The summed E-state index contributed by atoms with van der Waals surface area (Å²) in [5, 5.41) is 8.03. The molecular weight excluding hydrogens is 194 g/mol. The highest BCUT2D eigenvalue weighted by atomic mass is 16.5. The molecule has 0 amide bonds. The maximum atomic E-state index is 5.42. The molecule has 0 unspecified atom stereocenters. The monoisotopic (exact) mass is 207 g/mol. The molecule has 0 aliphatic rings. The van der Waals surface area contributed by atoms with Crippen molar-refractivity contribution in [2.75, 3.05) is 0 Å². The van der Waals surface area contributed by atoms with Gasteiger partial charge in [-0.3, -0.25) is 4.68 Å². The first kappa shape index (κ1) is 9.85. The molecule has 80 valence electrons. The zero-order valence-corrected chi connectivity index (χ0v) is 8.98. The van der Waals surface area contributed by atoms with Crippen LogP contribution in [0.1, 0.15) is 17.2 Å². The predicted octanol–water partition coefficient (Wildman–Crippen LogP) is 0.546. The largest absolute Gasteiger partial charge is 0.334 e.